The van der Waals surface area contributed by atoms with Crippen LogP contribution in [0.25, 0.3) is 5.78 Å². The molecule has 6 heteroatoms. The van der Waals surface area contributed by atoms with Crippen LogP contribution in [-0.2, 0) is 6.42 Å². The smallest absolute Gasteiger partial charge is 0.337 e. The van der Waals surface area contributed by atoms with Gasteiger partial charge in [-0.3, -0.25) is 0 Å². The lowest BCUT2D eigenvalue weighted by molar-refractivity contribution is 0.313. The van der Waals surface area contributed by atoms with E-state index < -0.39 is 0 Å². The number of hydrogen-bond acceptors (Lipinski definition) is 4. The van der Waals surface area contributed by atoms with E-state index in [1.54, 1.807) is 0 Å². The van der Waals surface area contributed by atoms with E-state index in [4.69, 9.17) is 16.3 Å². The van der Waals surface area contributed by atoms with Gasteiger partial charge in [0, 0.05) is 5.69 Å². The molecule has 0 spiro atoms. The van der Waals surface area contributed by atoms with Crippen molar-refractivity contribution in [1.82, 2.24) is 19.6 Å². The summed E-state index contributed by atoms with van der Waals surface area (Å²) in [4.78, 5) is 8.49. The van der Waals surface area contributed by atoms with Crippen molar-refractivity contribution in [1.29, 1.82) is 0 Å². The van der Waals surface area contributed by atoms with Crippen LogP contribution in [0.1, 0.15) is 26.0 Å². The maximum absolute atomic E-state index is 6.08. The van der Waals surface area contributed by atoms with Gasteiger partial charge in [-0.15, -0.1) is 5.10 Å². The number of fused-ring (bicyclic) bond motifs is 1. The van der Waals surface area contributed by atoms with Crippen LogP contribution in [0.2, 0.25) is 5.15 Å². The van der Waals surface area contributed by atoms with E-state index in [9.17, 15) is 0 Å². The van der Waals surface area contributed by atoms with Gasteiger partial charge in [-0.1, -0.05) is 24.9 Å². The summed E-state index contributed by atoms with van der Waals surface area (Å²) in [6.45, 7) is 4.49. The highest BCUT2D eigenvalue weighted by molar-refractivity contribution is 6.29. The summed E-state index contributed by atoms with van der Waals surface area (Å²) in [6, 6.07) is 2.12. The number of hydrogen-bond donors (Lipinski definition) is 0. The Morgan fingerprint density at radius 1 is 1.38 bits per heavy atom. The average Bonchev–Trinajstić information content (AvgIpc) is 2.62. The van der Waals surface area contributed by atoms with Crippen LogP contribution in [0.5, 0.6) is 6.01 Å². The van der Waals surface area contributed by atoms with E-state index in [0.29, 0.717) is 23.5 Å². The first kappa shape index (κ1) is 11.1. The first-order valence-electron chi connectivity index (χ1n) is 5.29. The molecule has 0 saturated carbocycles. The molecule has 2 aromatic heterocycles. The molecule has 0 fully saturated rings. The molecule has 0 saturated heterocycles. The van der Waals surface area contributed by atoms with E-state index in [-0.39, 0.29) is 0 Å². The Balaban J connectivity index is 2.45. The summed E-state index contributed by atoms with van der Waals surface area (Å²) in [5, 5.41) is 4.60. The Labute approximate surface area is 98.4 Å². The summed E-state index contributed by atoms with van der Waals surface area (Å²) in [5.74, 6) is 0.486. The number of ether oxygens (including phenoxy) is 1. The molecular weight excluding hydrogens is 228 g/mol. The Bertz CT molecular complexity index is 497. The molecule has 2 aromatic rings. The molecule has 2 rings (SSSR count). The van der Waals surface area contributed by atoms with Crippen LogP contribution in [0.4, 0.5) is 0 Å². The number of rotatable bonds is 4. The van der Waals surface area contributed by atoms with Gasteiger partial charge in [0.25, 0.3) is 5.78 Å². The Kier molecular flexibility index (Phi) is 3.24. The van der Waals surface area contributed by atoms with Crippen molar-refractivity contribution in [2.24, 2.45) is 0 Å². The van der Waals surface area contributed by atoms with E-state index in [1.165, 1.54) is 4.52 Å². The quantitative estimate of drug-likeness (QED) is 0.769. The van der Waals surface area contributed by atoms with Crippen LogP contribution in [-0.4, -0.2) is 26.2 Å². The normalized spacial score (nSPS) is 10.9. The summed E-state index contributed by atoms with van der Waals surface area (Å²) >= 11 is 6.08. The predicted molar refractivity (Wildman–Crippen MR) is 61.0 cm³/mol. The average molecular weight is 241 g/mol. The van der Waals surface area contributed by atoms with Crippen LogP contribution >= 0.6 is 11.6 Å². The summed E-state index contributed by atoms with van der Waals surface area (Å²) < 4.78 is 6.68. The van der Waals surface area contributed by atoms with E-state index in [1.807, 2.05) is 13.0 Å². The second-order valence-electron chi connectivity index (χ2n) is 3.36. The van der Waals surface area contributed by atoms with Crippen molar-refractivity contribution in [2.75, 3.05) is 6.61 Å². The molecule has 0 aliphatic rings. The zero-order valence-electron chi connectivity index (χ0n) is 9.27. The molecule has 0 amide bonds. The minimum Gasteiger partial charge on any atom is -0.463 e. The van der Waals surface area contributed by atoms with Crippen molar-refractivity contribution in [3.05, 3.63) is 16.9 Å². The predicted octanol–water partition coefficient (Wildman–Crippen LogP) is 2.13. The molecule has 2 heterocycles. The van der Waals surface area contributed by atoms with Gasteiger partial charge in [0.05, 0.1) is 6.61 Å². The summed E-state index contributed by atoms with van der Waals surface area (Å²) in [5.41, 5.74) is 0.926. The highest BCUT2D eigenvalue weighted by Gasteiger charge is 2.09. The number of halogens is 1. The van der Waals surface area contributed by atoms with E-state index in [0.717, 1.165) is 18.5 Å². The molecule has 0 unspecified atom stereocenters. The SMILES string of the molecule is CCCc1cc(Cl)n2nc(OCC)nc2n1. The van der Waals surface area contributed by atoms with Crippen LogP contribution in [0.3, 0.4) is 0 Å². The molecule has 0 aromatic carbocycles. The third kappa shape index (κ3) is 2.09. The fourth-order valence-corrected chi connectivity index (χ4v) is 1.67. The van der Waals surface area contributed by atoms with Crippen LogP contribution < -0.4 is 4.74 Å². The van der Waals surface area contributed by atoms with Gasteiger partial charge < -0.3 is 4.74 Å². The van der Waals surface area contributed by atoms with Gasteiger partial charge in [-0.2, -0.15) is 9.50 Å². The molecule has 0 N–H and O–H groups in total. The van der Waals surface area contributed by atoms with Gasteiger partial charge in [0.15, 0.2) is 0 Å². The van der Waals surface area contributed by atoms with Crippen LogP contribution in [0.15, 0.2) is 6.07 Å². The molecule has 0 aliphatic heterocycles. The monoisotopic (exact) mass is 240 g/mol. The third-order valence-electron chi connectivity index (χ3n) is 2.08. The summed E-state index contributed by atoms with van der Waals surface area (Å²) in [6.07, 6.45) is 1.90. The minimum atomic E-state index is 0.311. The fourth-order valence-electron chi connectivity index (χ4n) is 1.43. The lowest BCUT2D eigenvalue weighted by Crippen LogP contribution is -1.97. The maximum Gasteiger partial charge on any atom is 0.337 e. The molecule has 16 heavy (non-hydrogen) atoms. The molecular formula is C10H13ClN4O. The molecule has 5 nitrogen and oxygen atoms in total. The number of aryl methyl sites for hydroxylation is 1. The van der Waals surface area contributed by atoms with Gasteiger partial charge in [0.2, 0.25) is 0 Å². The number of nitrogens with zero attached hydrogens (tertiary/aromatic N) is 4. The van der Waals surface area contributed by atoms with Gasteiger partial charge in [-0.25, -0.2) is 4.98 Å². The third-order valence-corrected chi connectivity index (χ3v) is 2.35. The standard InChI is InChI=1S/C10H13ClN4O/c1-3-5-7-6-8(11)15-9(12-7)13-10(14-15)16-4-2/h6H,3-5H2,1-2H3. The zero-order chi connectivity index (χ0) is 11.5. The lowest BCUT2D eigenvalue weighted by Gasteiger charge is -1.99. The second-order valence-corrected chi connectivity index (χ2v) is 3.75. The van der Waals surface area contributed by atoms with Crippen molar-refractivity contribution in [3.63, 3.8) is 0 Å². The zero-order valence-corrected chi connectivity index (χ0v) is 10.0. The first-order valence-corrected chi connectivity index (χ1v) is 5.67. The molecule has 86 valence electrons. The van der Waals surface area contributed by atoms with Crippen molar-refractivity contribution < 1.29 is 4.74 Å². The van der Waals surface area contributed by atoms with Crippen molar-refractivity contribution in [3.8, 4) is 6.01 Å². The van der Waals surface area contributed by atoms with Crippen molar-refractivity contribution in [2.45, 2.75) is 26.7 Å². The molecule has 0 radical (unpaired) electrons. The van der Waals surface area contributed by atoms with E-state index in [2.05, 4.69) is 22.0 Å². The molecule has 0 atom stereocenters. The highest BCUT2D eigenvalue weighted by atomic mass is 35.5. The number of aromatic nitrogens is 4. The van der Waals surface area contributed by atoms with Gasteiger partial charge >= 0.3 is 6.01 Å². The molecule has 0 aliphatic carbocycles. The largest absolute Gasteiger partial charge is 0.463 e. The fraction of sp³-hybridized carbons (Fsp3) is 0.500. The Morgan fingerprint density at radius 2 is 2.19 bits per heavy atom. The minimum absolute atomic E-state index is 0.311. The lowest BCUT2D eigenvalue weighted by atomic mass is 10.2. The topological polar surface area (TPSA) is 52.3 Å². The van der Waals surface area contributed by atoms with Crippen molar-refractivity contribution >= 4 is 17.4 Å². The highest BCUT2D eigenvalue weighted by Crippen LogP contribution is 2.15. The van der Waals surface area contributed by atoms with E-state index >= 15 is 0 Å². The Morgan fingerprint density at radius 3 is 2.88 bits per heavy atom. The van der Waals surface area contributed by atoms with Crippen LogP contribution in [0, 0.1) is 0 Å². The first-order chi connectivity index (χ1) is 7.74. The maximum atomic E-state index is 6.08. The van der Waals surface area contributed by atoms with Gasteiger partial charge in [-0.05, 0) is 19.4 Å². The Hall–Kier alpha value is -1.36. The molecule has 0 bridgehead atoms. The second kappa shape index (κ2) is 4.65. The van der Waals surface area contributed by atoms with Gasteiger partial charge in [0.1, 0.15) is 5.15 Å². The summed E-state index contributed by atoms with van der Waals surface area (Å²) in [7, 11) is 0.